The third-order valence-corrected chi connectivity index (χ3v) is 2.53. The van der Waals surface area contributed by atoms with Crippen molar-refractivity contribution in [3.05, 3.63) is 0 Å². The van der Waals surface area contributed by atoms with Gasteiger partial charge in [-0.1, -0.05) is 0 Å². The van der Waals surface area contributed by atoms with Gasteiger partial charge >= 0.3 is 0 Å². The van der Waals surface area contributed by atoms with Crippen LogP contribution in [-0.2, 0) is 4.79 Å². The van der Waals surface area contributed by atoms with Gasteiger partial charge in [-0.2, -0.15) is 0 Å². The van der Waals surface area contributed by atoms with Crippen molar-refractivity contribution in [1.82, 2.24) is 4.90 Å². The van der Waals surface area contributed by atoms with Crippen LogP contribution in [0.15, 0.2) is 0 Å². The minimum atomic E-state index is 0.201. The molecule has 0 aliphatic rings. The Hall–Kier alpha value is 0.330. The van der Waals surface area contributed by atoms with Crippen molar-refractivity contribution in [1.29, 1.82) is 0 Å². The average Bonchev–Trinajstić information content (AvgIpc) is 2.04. The van der Waals surface area contributed by atoms with E-state index in [0.29, 0.717) is 0 Å². The fourth-order valence-electron chi connectivity index (χ4n) is 0.991. The fraction of sp³-hybridized carbons (Fsp3) is 0.875. The highest BCUT2D eigenvalue weighted by Crippen LogP contribution is 1.99. The van der Waals surface area contributed by atoms with Crippen LogP contribution in [0.2, 0.25) is 0 Å². The van der Waals surface area contributed by atoms with Gasteiger partial charge in [0.1, 0.15) is 0 Å². The van der Waals surface area contributed by atoms with E-state index in [1.165, 1.54) is 0 Å². The summed E-state index contributed by atoms with van der Waals surface area (Å²) in [6.07, 6.45) is 4.32. The number of carbonyl (C=O) groups is 1. The van der Waals surface area contributed by atoms with Crippen LogP contribution in [0.1, 0.15) is 19.8 Å². The zero-order chi connectivity index (χ0) is 9.40. The number of carbonyl (C=O) groups excluding carboxylic acids is 1. The van der Waals surface area contributed by atoms with Crippen LogP contribution in [-0.4, -0.2) is 36.2 Å². The normalized spacial score (nSPS) is 9.92. The molecule has 0 aromatic rings. The van der Waals surface area contributed by atoms with Crippen molar-refractivity contribution < 1.29 is 4.79 Å². The number of amides is 1. The Morgan fingerprint density at radius 3 is 1.83 bits per heavy atom. The molecule has 0 spiro atoms. The van der Waals surface area contributed by atoms with Gasteiger partial charge in [0.2, 0.25) is 5.91 Å². The fourth-order valence-corrected chi connectivity index (χ4v) is 1.36. The Morgan fingerprint density at radius 1 is 1.17 bits per heavy atom. The monoisotopic (exact) mass is 207 g/mol. The molecule has 0 fully saturated rings. The summed E-state index contributed by atoms with van der Waals surface area (Å²) >= 11 is 0. The number of nitrogens with zero attached hydrogens (tertiary/aromatic N) is 1. The zero-order valence-corrected chi connectivity index (χ0v) is 10.1. The molecule has 0 N–H and O–H groups in total. The van der Waals surface area contributed by atoms with Crippen molar-refractivity contribution >= 4 is 24.4 Å². The minimum absolute atomic E-state index is 0.201. The summed E-state index contributed by atoms with van der Waals surface area (Å²) in [4.78, 5) is 13.0. The van der Waals surface area contributed by atoms with Gasteiger partial charge in [-0.15, -0.1) is 18.5 Å². The summed E-state index contributed by atoms with van der Waals surface area (Å²) in [5.74, 6) is 0.201. The molecule has 0 radical (unpaired) electrons. The van der Waals surface area contributed by atoms with Crippen LogP contribution in [0, 0.1) is 0 Å². The Balaban J connectivity index is 3.62. The first-order valence-corrected chi connectivity index (χ1v) is 6.01. The molecule has 12 heavy (non-hydrogen) atoms. The summed E-state index contributed by atoms with van der Waals surface area (Å²) in [6, 6.07) is 0. The van der Waals surface area contributed by atoms with Gasteiger partial charge in [0, 0.05) is 20.0 Å². The van der Waals surface area contributed by atoms with Crippen LogP contribution in [0.3, 0.4) is 0 Å². The second-order valence-corrected chi connectivity index (χ2v) is 3.95. The Morgan fingerprint density at radius 2 is 1.58 bits per heavy atom. The standard InChI is InChI=1S/C8H19NOP2/c1-8(10)9(4-2-6-11)5-3-7-12/h2-7,11-12H2,1H3. The van der Waals surface area contributed by atoms with Crippen molar-refractivity contribution in [2.24, 2.45) is 0 Å². The molecule has 2 atom stereocenters. The van der Waals surface area contributed by atoms with E-state index in [1.807, 2.05) is 4.90 Å². The maximum absolute atomic E-state index is 11.1. The molecule has 0 heterocycles. The van der Waals surface area contributed by atoms with E-state index in [1.54, 1.807) is 6.92 Å². The summed E-state index contributed by atoms with van der Waals surface area (Å²) in [7, 11) is 5.37. The lowest BCUT2D eigenvalue weighted by Crippen LogP contribution is -2.31. The molecule has 0 aliphatic carbocycles. The molecule has 0 bridgehead atoms. The lowest BCUT2D eigenvalue weighted by Gasteiger charge is -2.20. The molecular formula is C8H19NOP2. The van der Waals surface area contributed by atoms with Crippen LogP contribution in [0.4, 0.5) is 0 Å². The summed E-state index contributed by atoms with van der Waals surface area (Å²) in [5, 5.41) is 0. The molecule has 2 unspecified atom stereocenters. The minimum Gasteiger partial charge on any atom is -0.343 e. The summed E-state index contributed by atoms with van der Waals surface area (Å²) in [5.41, 5.74) is 0. The highest BCUT2D eigenvalue weighted by atomic mass is 31.0. The molecule has 4 heteroatoms. The summed E-state index contributed by atoms with van der Waals surface area (Å²) < 4.78 is 0. The smallest absolute Gasteiger partial charge is 0.219 e. The Labute approximate surface area is 79.9 Å². The predicted molar refractivity (Wildman–Crippen MR) is 60.6 cm³/mol. The molecule has 0 saturated carbocycles. The topological polar surface area (TPSA) is 20.3 Å². The van der Waals surface area contributed by atoms with Crippen LogP contribution < -0.4 is 0 Å². The predicted octanol–water partition coefficient (Wildman–Crippen LogP) is 1.37. The Kier molecular flexibility index (Phi) is 8.17. The van der Waals surface area contributed by atoms with Crippen molar-refractivity contribution in [2.45, 2.75) is 19.8 Å². The molecule has 2 nitrogen and oxygen atoms in total. The molecular weight excluding hydrogens is 188 g/mol. The molecule has 0 aliphatic heterocycles. The van der Waals surface area contributed by atoms with E-state index < -0.39 is 0 Å². The first-order chi connectivity index (χ1) is 5.72. The number of hydrogen-bond acceptors (Lipinski definition) is 1. The molecule has 1 amide bonds. The van der Waals surface area contributed by atoms with Crippen molar-refractivity contribution in [3.63, 3.8) is 0 Å². The van der Waals surface area contributed by atoms with Crippen molar-refractivity contribution in [2.75, 3.05) is 25.4 Å². The largest absolute Gasteiger partial charge is 0.343 e. The summed E-state index contributed by atoms with van der Waals surface area (Å²) in [6.45, 7) is 3.46. The molecule has 0 rings (SSSR count). The van der Waals surface area contributed by atoms with Gasteiger partial charge in [-0.05, 0) is 25.2 Å². The van der Waals surface area contributed by atoms with E-state index >= 15 is 0 Å². The second kappa shape index (κ2) is 7.95. The highest BCUT2D eigenvalue weighted by molar-refractivity contribution is 7.16. The second-order valence-electron chi connectivity index (χ2n) is 2.79. The van der Waals surface area contributed by atoms with E-state index in [-0.39, 0.29) is 5.91 Å². The van der Waals surface area contributed by atoms with E-state index in [0.717, 1.165) is 38.3 Å². The first kappa shape index (κ1) is 12.3. The number of rotatable bonds is 6. The molecule has 0 saturated heterocycles. The zero-order valence-electron chi connectivity index (χ0n) is 7.75. The van der Waals surface area contributed by atoms with Gasteiger partial charge in [0.15, 0.2) is 0 Å². The van der Waals surface area contributed by atoms with E-state index in [2.05, 4.69) is 18.5 Å². The third kappa shape index (κ3) is 5.91. The van der Waals surface area contributed by atoms with Gasteiger partial charge in [-0.25, -0.2) is 0 Å². The van der Waals surface area contributed by atoms with Gasteiger partial charge in [0.05, 0.1) is 0 Å². The highest BCUT2D eigenvalue weighted by Gasteiger charge is 2.05. The maximum atomic E-state index is 11.1. The average molecular weight is 207 g/mol. The van der Waals surface area contributed by atoms with E-state index in [9.17, 15) is 4.79 Å². The lowest BCUT2D eigenvalue weighted by atomic mass is 10.3. The lowest BCUT2D eigenvalue weighted by molar-refractivity contribution is -0.128. The molecule has 0 aromatic carbocycles. The van der Waals surface area contributed by atoms with E-state index in [4.69, 9.17) is 0 Å². The van der Waals surface area contributed by atoms with Crippen LogP contribution in [0.5, 0.6) is 0 Å². The van der Waals surface area contributed by atoms with Gasteiger partial charge in [-0.3, -0.25) is 4.79 Å². The van der Waals surface area contributed by atoms with Gasteiger partial charge in [0.25, 0.3) is 0 Å². The quantitative estimate of drug-likeness (QED) is 0.602. The molecule has 72 valence electrons. The maximum Gasteiger partial charge on any atom is 0.219 e. The van der Waals surface area contributed by atoms with Gasteiger partial charge < -0.3 is 4.90 Å². The number of hydrogen-bond donors (Lipinski definition) is 0. The van der Waals surface area contributed by atoms with Crippen molar-refractivity contribution in [3.8, 4) is 0 Å². The SMILES string of the molecule is CC(=O)N(CCCP)CCCP. The molecule has 0 aromatic heterocycles. The third-order valence-electron chi connectivity index (χ3n) is 1.71. The Bertz CT molecular complexity index is 122. The first-order valence-electron chi connectivity index (χ1n) is 4.38. The van der Waals surface area contributed by atoms with Crippen LogP contribution in [0.25, 0.3) is 0 Å². The van der Waals surface area contributed by atoms with Crippen LogP contribution >= 0.6 is 18.5 Å².